The maximum absolute atomic E-state index is 11.1. The molecule has 0 aromatic heterocycles. The van der Waals surface area contributed by atoms with Crippen molar-refractivity contribution in [2.45, 2.75) is 19.3 Å². The van der Waals surface area contributed by atoms with Crippen molar-refractivity contribution >= 4 is 5.97 Å². The lowest BCUT2D eigenvalue weighted by atomic mass is 10.0. The number of carbonyl (C=O) groups is 1. The highest BCUT2D eigenvalue weighted by molar-refractivity contribution is 5.69. The number of rotatable bonds is 6. The Morgan fingerprint density at radius 1 is 0.905 bits per heavy atom. The van der Waals surface area contributed by atoms with E-state index in [1.807, 2.05) is 0 Å². The zero-order valence-corrected chi connectivity index (χ0v) is 12.3. The molecule has 0 radical (unpaired) electrons. The smallest absolute Gasteiger partial charge is 0.305 e. The van der Waals surface area contributed by atoms with Crippen molar-refractivity contribution in [2.75, 3.05) is 13.7 Å². The minimum absolute atomic E-state index is 0.172. The number of ether oxygens (including phenoxy) is 1. The lowest BCUT2D eigenvalue weighted by Crippen LogP contribution is -2.02. The Bertz CT molecular complexity index is 573. The molecule has 21 heavy (non-hydrogen) atoms. The van der Waals surface area contributed by atoms with Crippen LogP contribution in [0.5, 0.6) is 0 Å². The SMILES string of the molecule is COC(=O)CCc1ccc(-c2ccc(CCN)cc2)cc1. The fraction of sp³-hybridized carbons (Fsp3) is 0.278. The van der Waals surface area contributed by atoms with Crippen molar-refractivity contribution in [1.29, 1.82) is 0 Å². The van der Waals surface area contributed by atoms with E-state index in [0.29, 0.717) is 19.4 Å². The molecule has 0 heterocycles. The molecule has 0 spiro atoms. The van der Waals surface area contributed by atoms with E-state index in [2.05, 4.69) is 53.3 Å². The minimum Gasteiger partial charge on any atom is -0.469 e. The Morgan fingerprint density at radius 2 is 1.38 bits per heavy atom. The van der Waals surface area contributed by atoms with Crippen LogP contribution in [-0.2, 0) is 22.4 Å². The Kier molecular flexibility index (Phi) is 5.52. The maximum Gasteiger partial charge on any atom is 0.305 e. The minimum atomic E-state index is -0.172. The highest BCUT2D eigenvalue weighted by atomic mass is 16.5. The van der Waals surface area contributed by atoms with Gasteiger partial charge in [-0.1, -0.05) is 48.5 Å². The van der Waals surface area contributed by atoms with Gasteiger partial charge in [-0.25, -0.2) is 0 Å². The zero-order chi connectivity index (χ0) is 15.1. The summed E-state index contributed by atoms with van der Waals surface area (Å²) in [7, 11) is 1.42. The average Bonchev–Trinajstić information content (AvgIpc) is 2.54. The van der Waals surface area contributed by atoms with E-state index < -0.39 is 0 Å². The van der Waals surface area contributed by atoms with E-state index in [-0.39, 0.29) is 5.97 Å². The lowest BCUT2D eigenvalue weighted by molar-refractivity contribution is -0.140. The van der Waals surface area contributed by atoms with E-state index in [9.17, 15) is 4.79 Å². The van der Waals surface area contributed by atoms with Crippen LogP contribution in [0.25, 0.3) is 11.1 Å². The second-order valence-corrected chi connectivity index (χ2v) is 5.01. The van der Waals surface area contributed by atoms with Crippen molar-refractivity contribution in [3.8, 4) is 11.1 Å². The highest BCUT2D eigenvalue weighted by Gasteiger charge is 2.02. The molecule has 3 nitrogen and oxygen atoms in total. The molecule has 2 N–H and O–H groups in total. The molecule has 0 bridgehead atoms. The van der Waals surface area contributed by atoms with E-state index in [1.54, 1.807) is 0 Å². The van der Waals surface area contributed by atoms with Crippen LogP contribution in [0.2, 0.25) is 0 Å². The van der Waals surface area contributed by atoms with Gasteiger partial charge in [0.25, 0.3) is 0 Å². The Morgan fingerprint density at radius 3 is 1.81 bits per heavy atom. The van der Waals surface area contributed by atoms with Gasteiger partial charge in [0.05, 0.1) is 7.11 Å². The number of benzene rings is 2. The van der Waals surface area contributed by atoms with E-state index in [4.69, 9.17) is 5.73 Å². The van der Waals surface area contributed by atoms with E-state index >= 15 is 0 Å². The summed E-state index contributed by atoms with van der Waals surface area (Å²) in [4.78, 5) is 11.1. The van der Waals surface area contributed by atoms with Crippen LogP contribution in [0.4, 0.5) is 0 Å². The molecule has 2 aromatic rings. The van der Waals surface area contributed by atoms with Crippen LogP contribution in [0.3, 0.4) is 0 Å². The molecule has 0 aliphatic heterocycles. The third kappa shape index (κ3) is 4.43. The molecule has 2 rings (SSSR count). The third-order valence-electron chi connectivity index (χ3n) is 3.52. The number of hydrogen-bond donors (Lipinski definition) is 1. The molecule has 3 heteroatoms. The molecule has 0 amide bonds. The van der Waals surface area contributed by atoms with Gasteiger partial charge in [-0.3, -0.25) is 4.79 Å². The molecule has 0 fully saturated rings. The monoisotopic (exact) mass is 283 g/mol. The van der Waals surface area contributed by atoms with Gasteiger partial charge in [0.1, 0.15) is 0 Å². The molecule has 0 aliphatic carbocycles. The third-order valence-corrected chi connectivity index (χ3v) is 3.52. The summed E-state index contributed by atoms with van der Waals surface area (Å²) >= 11 is 0. The Hall–Kier alpha value is -2.13. The van der Waals surface area contributed by atoms with Crippen LogP contribution in [0.1, 0.15) is 17.5 Å². The summed E-state index contributed by atoms with van der Waals surface area (Å²) in [5.74, 6) is -0.172. The topological polar surface area (TPSA) is 52.3 Å². The molecule has 0 atom stereocenters. The number of methoxy groups -OCH3 is 1. The predicted molar refractivity (Wildman–Crippen MR) is 85.0 cm³/mol. The summed E-state index contributed by atoms with van der Waals surface area (Å²) in [6, 6.07) is 16.8. The summed E-state index contributed by atoms with van der Waals surface area (Å²) in [5, 5.41) is 0. The van der Waals surface area contributed by atoms with Crippen LogP contribution < -0.4 is 5.73 Å². The number of aryl methyl sites for hydroxylation is 1. The molecule has 2 aromatic carbocycles. The van der Waals surface area contributed by atoms with Gasteiger partial charge in [-0.05, 0) is 41.6 Å². The van der Waals surface area contributed by atoms with Crippen LogP contribution in [-0.4, -0.2) is 19.6 Å². The fourth-order valence-corrected chi connectivity index (χ4v) is 2.24. The van der Waals surface area contributed by atoms with Crippen molar-refractivity contribution < 1.29 is 9.53 Å². The largest absolute Gasteiger partial charge is 0.469 e. The number of nitrogens with two attached hydrogens (primary N) is 1. The summed E-state index contributed by atoms with van der Waals surface area (Å²) < 4.78 is 4.65. The fourth-order valence-electron chi connectivity index (χ4n) is 2.24. The standard InChI is InChI=1S/C18H21NO2/c1-21-18(20)11-6-14-2-7-16(8-3-14)17-9-4-15(5-10-17)12-13-19/h2-5,7-10H,6,11-13,19H2,1H3. The van der Waals surface area contributed by atoms with Gasteiger partial charge >= 0.3 is 5.97 Å². The first-order valence-corrected chi connectivity index (χ1v) is 7.18. The van der Waals surface area contributed by atoms with E-state index in [1.165, 1.54) is 23.8 Å². The van der Waals surface area contributed by atoms with Gasteiger partial charge in [-0.15, -0.1) is 0 Å². The second-order valence-electron chi connectivity index (χ2n) is 5.01. The van der Waals surface area contributed by atoms with Gasteiger partial charge in [0, 0.05) is 6.42 Å². The van der Waals surface area contributed by atoms with Crippen LogP contribution >= 0.6 is 0 Å². The molecular weight excluding hydrogens is 262 g/mol. The molecule has 0 unspecified atom stereocenters. The number of esters is 1. The molecule has 0 aliphatic rings. The zero-order valence-electron chi connectivity index (χ0n) is 12.3. The molecule has 110 valence electrons. The predicted octanol–water partition coefficient (Wildman–Crippen LogP) is 2.96. The lowest BCUT2D eigenvalue weighted by Gasteiger charge is -2.06. The van der Waals surface area contributed by atoms with Gasteiger partial charge in [0.2, 0.25) is 0 Å². The van der Waals surface area contributed by atoms with Crippen molar-refractivity contribution in [3.05, 3.63) is 59.7 Å². The van der Waals surface area contributed by atoms with Crippen molar-refractivity contribution in [1.82, 2.24) is 0 Å². The van der Waals surface area contributed by atoms with E-state index in [0.717, 1.165) is 12.0 Å². The van der Waals surface area contributed by atoms with Gasteiger partial charge in [-0.2, -0.15) is 0 Å². The summed E-state index contributed by atoms with van der Waals surface area (Å²) in [6.45, 7) is 0.675. The average molecular weight is 283 g/mol. The summed E-state index contributed by atoms with van der Waals surface area (Å²) in [5.41, 5.74) is 10.3. The summed E-state index contributed by atoms with van der Waals surface area (Å²) in [6.07, 6.45) is 2.04. The Balaban J connectivity index is 2.02. The maximum atomic E-state index is 11.1. The number of hydrogen-bond acceptors (Lipinski definition) is 3. The quantitative estimate of drug-likeness (QED) is 0.829. The first-order chi connectivity index (χ1) is 10.2. The van der Waals surface area contributed by atoms with Crippen LogP contribution in [0, 0.1) is 0 Å². The van der Waals surface area contributed by atoms with Gasteiger partial charge < -0.3 is 10.5 Å². The second kappa shape index (κ2) is 7.60. The van der Waals surface area contributed by atoms with Crippen molar-refractivity contribution in [2.24, 2.45) is 5.73 Å². The van der Waals surface area contributed by atoms with Gasteiger partial charge in [0.15, 0.2) is 0 Å². The first kappa shape index (κ1) is 15.3. The normalized spacial score (nSPS) is 10.4. The highest BCUT2D eigenvalue weighted by Crippen LogP contribution is 2.21. The van der Waals surface area contributed by atoms with Crippen molar-refractivity contribution in [3.63, 3.8) is 0 Å². The Labute approximate surface area is 125 Å². The first-order valence-electron chi connectivity index (χ1n) is 7.18. The molecule has 0 saturated heterocycles. The molecule has 0 saturated carbocycles. The van der Waals surface area contributed by atoms with Crippen LogP contribution in [0.15, 0.2) is 48.5 Å². The molecular formula is C18H21NO2. The number of carbonyl (C=O) groups excluding carboxylic acids is 1.